The zero-order chi connectivity index (χ0) is 13.3. The first-order valence-electron chi connectivity index (χ1n) is 6.19. The molecule has 5 heteroatoms. The maximum atomic E-state index is 13.5. The van der Waals surface area contributed by atoms with Crippen molar-refractivity contribution in [2.75, 3.05) is 24.6 Å². The first kappa shape index (κ1) is 13.9. The number of nitrogens with one attached hydrogen (secondary N) is 1. The first-order chi connectivity index (χ1) is 8.49. The third-order valence-corrected chi connectivity index (χ3v) is 4.33. The summed E-state index contributed by atoms with van der Waals surface area (Å²) < 4.78 is 14.0. The predicted molar refractivity (Wildman–Crippen MR) is 82.3 cm³/mol. The highest BCUT2D eigenvalue weighted by atomic mass is 127. The summed E-state index contributed by atoms with van der Waals surface area (Å²) in [6.07, 6.45) is 2.59. The average molecular weight is 363 g/mol. The summed E-state index contributed by atoms with van der Waals surface area (Å²) in [5.74, 6) is -0.226. The van der Waals surface area contributed by atoms with Crippen molar-refractivity contribution in [1.82, 2.24) is 4.90 Å². The minimum atomic E-state index is -0.226. The van der Waals surface area contributed by atoms with Gasteiger partial charge in [-0.3, -0.25) is 4.90 Å². The fourth-order valence-corrected chi connectivity index (χ4v) is 2.45. The van der Waals surface area contributed by atoms with E-state index in [1.165, 1.54) is 18.9 Å². The van der Waals surface area contributed by atoms with Crippen LogP contribution in [-0.2, 0) is 0 Å². The number of nitrogens with zero attached hydrogens (tertiary/aromatic N) is 1. The summed E-state index contributed by atoms with van der Waals surface area (Å²) in [4.78, 5) is 2.37. The Morgan fingerprint density at radius 1 is 1.56 bits per heavy atom. The molecule has 1 aromatic carbocycles. The first-order valence-corrected chi connectivity index (χ1v) is 7.27. The second-order valence-corrected chi connectivity index (χ2v) is 6.14. The minimum absolute atomic E-state index is 0.226. The molecule has 0 aliphatic heterocycles. The molecule has 3 N–H and O–H groups in total. The lowest BCUT2D eigenvalue weighted by Crippen LogP contribution is -2.36. The average Bonchev–Trinajstić information content (AvgIpc) is 3.14. The van der Waals surface area contributed by atoms with Gasteiger partial charge in [0.05, 0.1) is 14.9 Å². The predicted octanol–water partition coefficient (Wildman–Crippen LogP) is 2.91. The topological polar surface area (TPSA) is 41.3 Å². The van der Waals surface area contributed by atoms with Crippen molar-refractivity contribution in [2.45, 2.75) is 31.8 Å². The van der Waals surface area contributed by atoms with E-state index in [1.54, 1.807) is 6.07 Å². The van der Waals surface area contributed by atoms with Crippen molar-refractivity contribution in [3.05, 3.63) is 21.5 Å². The number of anilines is 2. The van der Waals surface area contributed by atoms with Gasteiger partial charge in [0.25, 0.3) is 0 Å². The number of halogens is 2. The van der Waals surface area contributed by atoms with Crippen LogP contribution in [0.5, 0.6) is 0 Å². The van der Waals surface area contributed by atoms with E-state index in [2.05, 4.69) is 24.2 Å². The summed E-state index contributed by atoms with van der Waals surface area (Å²) in [5, 5.41) is 3.23. The van der Waals surface area contributed by atoms with Gasteiger partial charge >= 0.3 is 0 Å². The van der Waals surface area contributed by atoms with E-state index in [4.69, 9.17) is 5.73 Å². The van der Waals surface area contributed by atoms with Crippen LogP contribution >= 0.6 is 22.6 Å². The number of hydrogen-bond acceptors (Lipinski definition) is 3. The van der Waals surface area contributed by atoms with Gasteiger partial charge in [0.15, 0.2) is 0 Å². The van der Waals surface area contributed by atoms with Crippen LogP contribution in [-0.4, -0.2) is 30.6 Å². The van der Waals surface area contributed by atoms with E-state index < -0.39 is 0 Å². The highest BCUT2D eigenvalue weighted by molar-refractivity contribution is 14.1. The highest BCUT2D eigenvalue weighted by Gasteiger charge is 2.28. The van der Waals surface area contributed by atoms with Crippen molar-refractivity contribution >= 4 is 34.0 Å². The zero-order valence-corrected chi connectivity index (χ0v) is 12.9. The molecular weight excluding hydrogens is 344 g/mol. The van der Waals surface area contributed by atoms with Crippen LogP contribution in [0.3, 0.4) is 0 Å². The van der Waals surface area contributed by atoms with E-state index in [0.29, 0.717) is 21.0 Å². The molecule has 18 heavy (non-hydrogen) atoms. The lowest BCUT2D eigenvalue weighted by Gasteiger charge is -2.25. The van der Waals surface area contributed by atoms with Crippen molar-refractivity contribution < 1.29 is 4.39 Å². The molecule has 0 heterocycles. The van der Waals surface area contributed by atoms with E-state index in [0.717, 1.165) is 12.6 Å². The van der Waals surface area contributed by atoms with Crippen molar-refractivity contribution in [1.29, 1.82) is 0 Å². The quantitative estimate of drug-likeness (QED) is 0.625. The number of hydrogen-bond donors (Lipinski definition) is 2. The molecule has 0 saturated heterocycles. The molecule has 1 aromatic rings. The van der Waals surface area contributed by atoms with Crippen molar-refractivity contribution in [2.24, 2.45) is 0 Å². The second-order valence-electron chi connectivity index (χ2n) is 4.98. The summed E-state index contributed by atoms with van der Waals surface area (Å²) in [5.41, 5.74) is 7.16. The van der Waals surface area contributed by atoms with Crippen LogP contribution < -0.4 is 11.1 Å². The number of likely N-dealkylation sites (N-methyl/N-ethyl adjacent to an activating group) is 1. The normalized spacial score (nSPS) is 16.9. The van der Waals surface area contributed by atoms with Crippen LogP contribution in [0.2, 0.25) is 0 Å². The van der Waals surface area contributed by atoms with Crippen LogP contribution in [0, 0.1) is 9.39 Å². The standard InChI is InChI=1S/C13H19FIN3/c1-8(18(2)9-3-4-9)7-17-13-5-10(14)11(15)6-12(13)16/h5-6,8-9,17H,3-4,7,16H2,1-2H3. The van der Waals surface area contributed by atoms with Crippen molar-refractivity contribution in [3.63, 3.8) is 0 Å². The van der Waals surface area contributed by atoms with Gasteiger partial charge < -0.3 is 11.1 Å². The maximum Gasteiger partial charge on any atom is 0.138 e. The monoisotopic (exact) mass is 363 g/mol. The summed E-state index contributed by atoms with van der Waals surface area (Å²) in [7, 11) is 2.14. The number of nitrogens with two attached hydrogens (primary N) is 1. The van der Waals surface area contributed by atoms with Gasteiger partial charge in [0.1, 0.15) is 5.82 Å². The molecule has 1 atom stereocenters. The Balaban J connectivity index is 1.95. The summed E-state index contributed by atoms with van der Waals surface area (Å²) in [6, 6.07) is 4.28. The molecule has 2 rings (SSSR count). The van der Waals surface area contributed by atoms with Gasteiger partial charge in [-0.15, -0.1) is 0 Å². The van der Waals surface area contributed by atoms with Gasteiger partial charge in [-0.2, -0.15) is 0 Å². The lowest BCUT2D eigenvalue weighted by atomic mass is 10.2. The molecule has 1 saturated carbocycles. The molecule has 1 unspecified atom stereocenters. The maximum absolute atomic E-state index is 13.5. The van der Waals surface area contributed by atoms with Crippen LogP contribution in [0.4, 0.5) is 15.8 Å². The lowest BCUT2D eigenvalue weighted by molar-refractivity contribution is 0.257. The van der Waals surface area contributed by atoms with Crippen LogP contribution in [0.15, 0.2) is 12.1 Å². The number of rotatable bonds is 5. The molecule has 0 aromatic heterocycles. The van der Waals surface area contributed by atoms with Gasteiger partial charge in [0, 0.05) is 24.7 Å². The molecule has 0 amide bonds. The smallest absolute Gasteiger partial charge is 0.138 e. The van der Waals surface area contributed by atoms with Gasteiger partial charge in [-0.1, -0.05) is 0 Å². The van der Waals surface area contributed by atoms with E-state index in [1.807, 2.05) is 22.6 Å². The molecule has 0 spiro atoms. The molecular formula is C13H19FIN3. The zero-order valence-electron chi connectivity index (χ0n) is 10.7. The van der Waals surface area contributed by atoms with Crippen molar-refractivity contribution in [3.8, 4) is 0 Å². The molecule has 1 aliphatic rings. The van der Waals surface area contributed by atoms with E-state index in [9.17, 15) is 4.39 Å². The van der Waals surface area contributed by atoms with Gasteiger partial charge in [-0.05, 0) is 55.5 Å². The Kier molecular flexibility index (Phi) is 4.32. The van der Waals surface area contributed by atoms with Crippen LogP contribution in [0.1, 0.15) is 19.8 Å². The third kappa shape index (κ3) is 3.26. The molecule has 0 radical (unpaired) electrons. The van der Waals surface area contributed by atoms with E-state index in [-0.39, 0.29) is 5.82 Å². The summed E-state index contributed by atoms with van der Waals surface area (Å²) in [6.45, 7) is 2.95. The highest BCUT2D eigenvalue weighted by Crippen LogP contribution is 2.28. The molecule has 100 valence electrons. The van der Waals surface area contributed by atoms with Crippen LogP contribution in [0.25, 0.3) is 0 Å². The molecule has 0 bridgehead atoms. The fourth-order valence-electron chi connectivity index (χ4n) is 1.96. The Morgan fingerprint density at radius 3 is 2.83 bits per heavy atom. The molecule has 1 fully saturated rings. The van der Waals surface area contributed by atoms with Gasteiger partial charge in [-0.25, -0.2) is 4.39 Å². The SMILES string of the molecule is CC(CNc1cc(F)c(I)cc1N)N(C)C1CC1. The second kappa shape index (κ2) is 5.61. The minimum Gasteiger partial charge on any atom is -0.397 e. The molecule has 3 nitrogen and oxygen atoms in total. The number of benzene rings is 1. The van der Waals surface area contributed by atoms with E-state index >= 15 is 0 Å². The Bertz CT molecular complexity index is 434. The largest absolute Gasteiger partial charge is 0.397 e. The van der Waals surface area contributed by atoms with Gasteiger partial charge in [0.2, 0.25) is 0 Å². The summed E-state index contributed by atoms with van der Waals surface area (Å²) >= 11 is 1.94. The number of nitrogen functional groups attached to an aromatic ring is 1. The molecule has 1 aliphatic carbocycles. The Hall–Kier alpha value is -0.560. The fraction of sp³-hybridized carbons (Fsp3) is 0.538. The third-order valence-electron chi connectivity index (χ3n) is 3.50. The Labute approximate surface area is 121 Å². The Morgan fingerprint density at radius 2 is 2.22 bits per heavy atom.